The third-order valence-electron chi connectivity index (χ3n) is 3.62. The van der Waals surface area contributed by atoms with Gasteiger partial charge in [0.2, 0.25) is 0 Å². The van der Waals surface area contributed by atoms with Crippen LogP contribution in [-0.4, -0.2) is 16.8 Å². The lowest BCUT2D eigenvalue weighted by molar-refractivity contribution is 0.0845. The normalized spacial score (nSPS) is 10.5. The SMILES string of the molecule is Cc1nc2ccc(F)cc2cc1C(=O)NNC(=O)c1ccccc1Br. The van der Waals surface area contributed by atoms with Crippen LogP contribution in [0.15, 0.2) is 53.0 Å². The number of halogens is 2. The first-order valence-corrected chi connectivity index (χ1v) is 8.17. The Bertz CT molecular complexity index is 991. The predicted molar refractivity (Wildman–Crippen MR) is 95.5 cm³/mol. The first kappa shape index (κ1) is 17.0. The second-order valence-corrected chi connectivity index (χ2v) is 6.20. The van der Waals surface area contributed by atoms with Gasteiger partial charge in [0, 0.05) is 9.86 Å². The second-order valence-electron chi connectivity index (χ2n) is 5.35. The number of benzene rings is 2. The van der Waals surface area contributed by atoms with Crippen LogP contribution < -0.4 is 10.9 Å². The van der Waals surface area contributed by atoms with Gasteiger partial charge in [-0.15, -0.1) is 0 Å². The number of hydrazine groups is 1. The lowest BCUT2D eigenvalue weighted by atomic mass is 10.1. The smallest absolute Gasteiger partial charge is 0.267 e. The summed E-state index contributed by atoms with van der Waals surface area (Å²) in [6, 6.07) is 12.6. The molecule has 3 rings (SSSR count). The van der Waals surface area contributed by atoms with Crippen LogP contribution in [0.3, 0.4) is 0 Å². The molecule has 25 heavy (non-hydrogen) atoms. The van der Waals surface area contributed by atoms with Gasteiger partial charge in [0.1, 0.15) is 5.82 Å². The van der Waals surface area contributed by atoms with E-state index in [9.17, 15) is 14.0 Å². The number of aryl methyl sites for hydroxylation is 1. The van der Waals surface area contributed by atoms with Crippen molar-refractivity contribution in [3.63, 3.8) is 0 Å². The van der Waals surface area contributed by atoms with Crippen molar-refractivity contribution in [3.05, 3.63) is 75.6 Å². The van der Waals surface area contributed by atoms with Crippen LogP contribution in [0, 0.1) is 12.7 Å². The molecule has 1 aromatic heterocycles. The molecular weight excluding hydrogens is 389 g/mol. The summed E-state index contributed by atoms with van der Waals surface area (Å²) in [6.07, 6.45) is 0. The Morgan fingerprint density at radius 2 is 1.68 bits per heavy atom. The fraction of sp³-hybridized carbons (Fsp3) is 0.0556. The molecule has 0 aliphatic rings. The largest absolute Gasteiger partial charge is 0.271 e. The summed E-state index contributed by atoms with van der Waals surface area (Å²) in [5.41, 5.74) is 6.42. The molecular formula is C18H13BrFN3O2. The van der Waals surface area contributed by atoms with E-state index in [4.69, 9.17) is 0 Å². The quantitative estimate of drug-likeness (QED) is 0.645. The Morgan fingerprint density at radius 1 is 1.00 bits per heavy atom. The Labute approximate surface area is 151 Å². The zero-order chi connectivity index (χ0) is 18.0. The van der Waals surface area contributed by atoms with Crippen molar-refractivity contribution in [2.24, 2.45) is 0 Å². The monoisotopic (exact) mass is 401 g/mol. The molecule has 3 aromatic rings. The van der Waals surface area contributed by atoms with Crippen LogP contribution >= 0.6 is 15.9 Å². The number of hydrogen-bond donors (Lipinski definition) is 2. The van der Waals surface area contributed by atoms with Crippen LogP contribution in [0.25, 0.3) is 10.9 Å². The van der Waals surface area contributed by atoms with Gasteiger partial charge in [-0.05, 0) is 59.3 Å². The average molecular weight is 402 g/mol. The van der Waals surface area contributed by atoms with Crippen LogP contribution in [0.4, 0.5) is 4.39 Å². The summed E-state index contributed by atoms with van der Waals surface area (Å²) >= 11 is 3.28. The lowest BCUT2D eigenvalue weighted by Gasteiger charge is -2.10. The number of hydrogen-bond acceptors (Lipinski definition) is 3. The summed E-state index contributed by atoms with van der Waals surface area (Å²) in [7, 11) is 0. The van der Waals surface area contributed by atoms with E-state index >= 15 is 0 Å². The summed E-state index contributed by atoms with van der Waals surface area (Å²) in [6.45, 7) is 1.67. The van der Waals surface area contributed by atoms with E-state index in [1.807, 2.05) is 0 Å². The van der Waals surface area contributed by atoms with Crippen LogP contribution in [0.5, 0.6) is 0 Å². The molecule has 0 unspecified atom stereocenters. The number of nitrogens with one attached hydrogen (secondary N) is 2. The van der Waals surface area contributed by atoms with E-state index < -0.39 is 17.6 Å². The fourth-order valence-electron chi connectivity index (χ4n) is 2.37. The molecule has 0 bridgehead atoms. The van der Waals surface area contributed by atoms with Crippen molar-refractivity contribution < 1.29 is 14.0 Å². The van der Waals surface area contributed by atoms with E-state index in [-0.39, 0.29) is 5.56 Å². The van der Waals surface area contributed by atoms with Gasteiger partial charge in [-0.2, -0.15) is 0 Å². The Kier molecular flexibility index (Phi) is 4.76. The summed E-state index contributed by atoms with van der Waals surface area (Å²) in [5.74, 6) is -1.40. The molecule has 126 valence electrons. The topological polar surface area (TPSA) is 71.1 Å². The van der Waals surface area contributed by atoms with Crippen molar-refractivity contribution in [1.82, 2.24) is 15.8 Å². The molecule has 0 saturated heterocycles. The minimum absolute atomic E-state index is 0.255. The van der Waals surface area contributed by atoms with Crippen molar-refractivity contribution in [1.29, 1.82) is 0 Å². The number of pyridine rings is 1. The highest BCUT2D eigenvalue weighted by Crippen LogP contribution is 2.18. The van der Waals surface area contributed by atoms with E-state index in [0.29, 0.717) is 26.6 Å². The average Bonchev–Trinajstić information content (AvgIpc) is 2.59. The third-order valence-corrected chi connectivity index (χ3v) is 4.31. The molecule has 7 heteroatoms. The Hall–Kier alpha value is -2.80. The van der Waals surface area contributed by atoms with E-state index in [1.165, 1.54) is 12.1 Å². The number of amides is 2. The molecule has 0 saturated carbocycles. The van der Waals surface area contributed by atoms with Crippen molar-refractivity contribution >= 4 is 38.6 Å². The molecule has 2 amide bonds. The van der Waals surface area contributed by atoms with Gasteiger partial charge in [0.25, 0.3) is 11.8 Å². The molecule has 0 atom stereocenters. The Morgan fingerprint density at radius 3 is 2.40 bits per heavy atom. The molecule has 2 N–H and O–H groups in total. The molecule has 1 heterocycles. The summed E-state index contributed by atoms with van der Waals surface area (Å²) in [4.78, 5) is 28.8. The third kappa shape index (κ3) is 3.66. The Balaban J connectivity index is 1.79. The van der Waals surface area contributed by atoms with Gasteiger partial charge in [0.05, 0.1) is 22.3 Å². The highest BCUT2D eigenvalue weighted by atomic mass is 79.9. The van der Waals surface area contributed by atoms with Crippen molar-refractivity contribution in [2.45, 2.75) is 6.92 Å². The lowest BCUT2D eigenvalue weighted by Crippen LogP contribution is -2.42. The van der Waals surface area contributed by atoms with Crippen LogP contribution in [-0.2, 0) is 0 Å². The first-order valence-electron chi connectivity index (χ1n) is 7.38. The minimum Gasteiger partial charge on any atom is -0.267 e. The maximum Gasteiger partial charge on any atom is 0.271 e. The van der Waals surface area contributed by atoms with E-state index in [1.54, 1.807) is 43.3 Å². The van der Waals surface area contributed by atoms with Gasteiger partial charge in [-0.1, -0.05) is 12.1 Å². The number of rotatable bonds is 2. The van der Waals surface area contributed by atoms with Crippen molar-refractivity contribution in [3.8, 4) is 0 Å². The molecule has 0 radical (unpaired) electrons. The van der Waals surface area contributed by atoms with E-state index in [0.717, 1.165) is 0 Å². The zero-order valence-electron chi connectivity index (χ0n) is 13.1. The minimum atomic E-state index is -0.531. The number of carbonyl (C=O) groups excluding carboxylic acids is 2. The molecule has 0 fully saturated rings. The van der Waals surface area contributed by atoms with Gasteiger partial charge >= 0.3 is 0 Å². The second kappa shape index (κ2) is 6.98. The highest BCUT2D eigenvalue weighted by Gasteiger charge is 2.14. The maximum absolute atomic E-state index is 13.4. The van der Waals surface area contributed by atoms with Crippen molar-refractivity contribution in [2.75, 3.05) is 0 Å². The van der Waals surface area contributed by atoms with Gasteiger partial charge in [0.15, 0.2) is 0 Å². The van der Waals surface area contributed by atoms with Gasteiger partial charge in [-0.25, -0.2) is 4.39 Å². The number of aromatic nitrogens is 1. The van der Waals surface area contributed by atoms with E-state index in [2.05, 4.69) is 31.8 Å². The predicted octanol–water partition coefficient (Wildman–Crippen LogP) is 3.52. The van der Waals surface area contributed by atoms with Crippen LogP contribution in [0.2, 0.25) is 0 Å². The summed E-state index contributed by atoms with van der Waals surface area (Å²) < 4.78 is 14.0. The zero-order valence-corrected chi connectivity index (χ0v) is 14.7. The number of nitrogens with zero attached hydrogens (tertiary/aromatic N) is 1. The first-order chi connectivity index (χ1) is 12.0. The maximum atomic E-state index is 13.4. The van der Waals surface area contributed by atoms with Gasteiger partial charge in [-0.3, -0.25) is 25.4 Å². The molecule has 0 aliphatic carbocycles. The molecule has 2 aromatic carbocycles. The number of fused-ring (bicyclic) bond motifs is 1. The standard InChI is InChI=1S/C18H13BrFN3O2/c1-10-14(9-11-8-12(20)6-7-16(11)21-10)18(25)23-22-17(24)13-4-2-3-5-15(13)19/h2-9H,1H3,(H,22,24)(H,23,25). The number of carbonyl (C=O) groups is 2. The molecule has 0 aliphatic heterocycles. The highest BCUT2D eigenvalue weighted by molar-refractivity contribution is 9.10. The van der Waals surface area contributed by atoms with Crippen LogP contribution in [0.1, 0.15) is 26.4 Å². The summed E-state index contributed by atoms with van der Waals surface area (Å²) in [5, 5.41) is 0.507. The fourth-order valence-corrected chi connectivity index (χ4v) is 2.83. The van der Waals surface area contributed by atoms with Gasteiger partial charge < -0.3 is 0 Å². The molecule has 5 nitrogen and oxygen atoms in total. The molecule has 0 spiro atoms.